The highest BCUT2D eigenvalue weighted by atomic mass is 32.2. The van der Waals surface area contributed by atoms with Crippen LogP contribution in [0.2, 0.25) is 0 Å². The lowest BCUT2D eigenvalue weighted by atomic mass is 9.85. The molecule has 0 unspecified atom stereocenters. The number of aliphatic hydroxyl groups is 1. The monoisotopic (exact) mass is 792 g/mol. The number of sulfonamides is 1. The molecule has 0 bridgehead atoms. The van der Waals surface area contributed by atoms with E-state index in [0.717, 1.165) is 36.9 Å². The molecule has 3 atom stereocenters. The van der Waals surface area contributed by atoms with Crippen LogP contribution >= 0.6 is 0 Å². The third kappa shape index (κ3) is 13.4. The highest BCUT2D eigenvalue weighted by Gasteiger charge is 2.38. The van der Waals surface area contributed by atoms with Crippen molar-refractivity contribution in [2.45, 2.75) is 115 Å². The van der Waals surface area contributed by atoms with Crippen LogP contribution in [0.3, 0.4) is 0 Å². The topological polar surface area (TPSA) is 174 Å². The van der Waals surface area contributed by atoms with E-state index in [1.165, 1.54) is 27.6 Å². The van der Waals surface area contributed by atoms with Gasteiger partial charge in [0.25, 0.3) is 0 Å². The lowest BCUT2D eigenvalue weighted by Crippen LogP contribution is -2.60. The lowest BCUT2D eigenvalue weighted by Gasteiger charge is -2.35. The van der Waals surface area contributed by atoms with E-state index in [4.69, 9.17) is 9.94 Å². The van der Waals surface area contributed by atoms with Gasteiger partial charge in [-0.25, -0.2) is 13.2 Å². The Morgan fingerprint density at radius 3 is 2.20 bits per heavy atom. The maximum absolute atomic E-state index is 14.2. The number of benzene rings is 2. The van der Waals surface area contributed by atoms with Gasteiger partial charge >= 0.3 is 6.03 Å². The number of aliphatic hydroxyl groups excluding tert-OH is 1. The Kier molecular flexibility index (Phi) is 15.6. The first-order valence-corrected chi connectivity index (χ1v) is 20.7. The van der Waals surface area contributed by atoms with E-state index in [-0.39, 0.29) is 42.5 Å². The van der Waals surface area contributed by atoms with Gasteiger partial charge in [0.05, 0.1) is 53.4 Å². The van der Waals surface area contributed by atoms with Crippen molar-refractivity contribution >= 4 is 28.2 Å². The Bertz CT molecular complexity index is 1850. The second-order valence-corrected chi connectivity index (χ2v) is 18.7. The zero-order valence-electron chi connectivity index (χ0n) is 33.8. The van der Waals surface area contributed by atoms with Crippen molar-refractivity contribution in [3.8, 4) is 0 Å². The van der Waals surface area contributed by atoms with Crippen LogP contribution in [0.4, 0.5) is 4.79 Å². The van der Waals surface area contributed by atoms with E-state index < -0.39 is 45.6 Å². The maximum Gasteiger partial charge on any atom is 0.318 e. The molecule has 0 spiro atoms. The smallest absolute Gasteiger partial charge is 0.318 e. The number of hydrogen-bond acceptors (Lipinski definition) is 9. The van der Waals surface area contributed by atoms with E-state index in [1.54, 1.807) is 19.2 Å². The largest absolute Gasteiger partial charge is 0.411 e. The van der Waals surface area contributed by atoms with Crippen LogP contribution in [0.1, 0.15) is 89.7 Å². The SMILES string of the molecule is CN(Cc1cccc(COC(C)(C)C)n1)C(=O)N[C@H](C(=O)N[C@@H](Cc1ccccc1)[C@H](O)CN(CC1CCCC1)S(=O)(=O)c1ccc(/C=N/O)cc1)C(C)(C)C. The maximum atomic E-state index is 14.2. The number of amides is 3. The summed E-state index contributed by atoms with van der Waals surface area (Å²) in [6.07, 6.45) is 3.89. The number of nitrogens with one attached hydrogen (secondary N) is 2. The molecule has 0 radical (unpaired) electrons. The summed E-state index contributed by atoms with van der Waals surface area (Å²) >= 11 is 0. The molecule has 1 aliphatic carbocycles. The number of aromatic nitrogens is 1. The molecule has 3 aromatic rings. The molecule has 4 N–H and O–H groups in total. The first-order chi connectivity index (χ1) is 26.4. The Labute approximate surface area is 332 Å². The van der Waals surface area contributed by atoms with Gasteiger partial charge in [-0.1, -0.05) is 87.3 Å². The van der Waals surface area contributed by atoms with Crippen molar-refractivity contribution in [2.24, 2.45) is 16.5 Å². The number of oxime groups is 1. The van der Waals surface area contributed by atoms with Gasteiger partial charge in [-0.15, -0.1) is 0 Å². The van der Waals surface area contributed by atoms with Crippen molar-refractivity contribution in [3.05, 3.63) is 95.3 Å². The van der Waals surface area contributed by atoms with Crippen LogP contribution in [0, 0.1) is 11.3 Å². The molecule has 1 fully saturated rings. The van der Waals surface area contributed by atoms with Gasteiger partial charge in [0.15, 0.2) is 0 Å². The lowest BCUT2D eigenvalue weighted by molar-refractivity contribution is -0.127. The minimum atomic E-state index is -4.07. The van der Waals surface area contributed by atoms with Crippen molar-refractivity contribution in [1.82, 2.24) is 24.8 Å². The van der Waals surface area contributed by atoms with Gasteiger partial charge in [-0.05, 0) is 86.8 Å². The molecule has 13 nitrogen and oxygen atoms in total. The highest BCUT2D eigenvalue weighted by Crippen LogP contribution is 2.29. The number of pyridine rings is 1. The second kappa shape index (κ2) is 19.7. The Hall–Kier alpha value is -4.37. The fourth-order valence-corrected chi connectivity index (χ4v) is 8.19. The fourth-order valence-electron chi connectivity index (χ4n) is 6.66. The van der Waals surface area contributed by atoms with Crippen LogP contribution in [0.15, 0.2) is 82.8 Å². The molecule has 0 saturated heterocycles. The van der Waals surface area contributed by atoms with Crippen molar-refractivity contribution < 1.29 is 33.1 Å². The number of ether oxygens (including phenoxy) is 1. The van der Waals surface area contributed by atoms with E-state index in [1.807, 2.05) is 90.1 Å². The minimum absolute atomic E-state index is 0.0428. The quantitative estimate of drug-likeness (QED) is 0.0762. The molecule has 4 rings (SSSR count). The molecule has 0 aliphatic heterocycles. The molecule has 306 valence electrons. The number of urea groups is 1. The van der Waals surface area contributed by atoms with Crippen LogP contribution in [-0.2, 0) is 39.1 Å². The molecule has 14 heteroatoms. The summed E-state index contributed by atoms with van der Waals surface area (Å²) in [5, 5.41) is 29.8. The number of carbonyl (C=O) groups is 2. The van der Waals surface area contributed by atoms with Gasteiger partial charge in [0.2, 0.25) is 15.9 Å². The summed E-state index contributed by atoms with van der Waals surface area (Å²) < 4.78 is 35.5. The molecule has 1 aliphatic rings. The number of rotatable bonds is 17. The summed E-state index contributed by atoms with van der Waals surface area (Å²) in [5.41, 5.74) is 1.69. The van der Waals surface area contributed by atoms with E-state index in [2.05, 4.69) is 20.8 Å². The molecule has 56 heavy (non-hydrogen) atoms. The number of hydrogen-bond donors (Lipinski definition) is 4. The van der Waals surface area contributed by atoms with E-state index in [9.17, 15) is 23.1 Å². The first-order valence-electron chi connectivity index (χ1n) is 19.3. The van der Waals surface area contributed by atoms with Gasteiger partial charge < -0.3 is 30.6 Å². The summed E-state index contributed by atoms with van der Waals surface area (Å²) in [6.45, 7) is 11.9. The van der Waals surface area contributed by atoms with Crippen LogP contribution in [-0.4, -0.2) is 95.0 Å². The van der Waals surface area contributed by atoms with Gasteiger partial charge in [0, 0.05) is 20.1 Å². The summed E-state index contributed by atoms with van der Waals surface area (Å²) in [6, 6.07) is 18.5. The third-order valence-electron chi connectivity index (χ3n) is 9.80. The number of nitrogens with zero attached hydrogens (tertiary/aromatic N) is 4. The van der Waals surface area contributed by atoms with Crippen LogP contribution < -0.4 is 10.6 Å². The van der Waals surface area contributed by atoms with E-state index in [0.29, 0.717) is 17.9 Å². The number of carbonyl (C=O) groups excluding carboxylic acids is 2. The average Bonchev–Trinajstić information content (AvgIpc) is 3.66. The fraction of sp³-hybridized carbons (Fsp3) is 0.524. The molecule has 2 aromatic carbocycles. The molecule has 3 amide bonds. The van der Waals surface area contributed by atoms with Crippen LogP contribution in [0.5, 0.6) is 0 Å². The second-order valence-electron chi connectivity index (χ2n) is 16.8. The summed E-state index contributed by atoms with van der Waals surface area (Å²) in [5.74, 6) is -0.378. The van der Waals surface area contributed by atoms with Crippen molar-refractivity contribution in [2.75, 3.05) is 20.1 Å². The Morgan fingerprint density at radius 1 is 0.946 bits per heavy atom. The summed E-state index contributed by atoms with van der Waals surface area (Å²) in [7, 11) is -2.45. The van der Waals surface area contributed by atoms with Crippen LogP contribution in [0.25, 0.3) is 0 Å². The third-order valence-corrected chi connectivity index (χ3v) is 11.6. The normalized spacial score (nSPS) is 15.8. The average molecular weight is 793 g/mol. The standard InChI is InChI=1S/C42H60N6O7S/c1-41(2,3)38(46-40(51)47(7)27-33-18-13-19-34(44-33)29-55-42(4,5)6)39(50)45-36(24-30-14-9-8-10-15-30)37(49)28-48(26-32-16-11-12-17-32)56(53,54)35-22-20-31(21-23-35)25-43-52/h8-10,13-15,18-23,25,32,36-38,49,52H,11-12,16-17,24,26-29H2,1-7H3,(H,45,50)(H,46,51)/b43-25+/t36-,37+,38+/m0/s1. The predicted molar refractivity (Wildman–Crippen MR) is 217 cm³/mol. The highest BCUT2D eigenvalue weighted by molar-refractivity contribution is 7.89. The van der Waals surface area contributed by atoms with Crippen molar-refractivity contribution in [1.29, 1.82) is 0 Å². The minimum Gasteiger partial charge on any atom is -0.411 e. The molecule has 1 aromatic heterocycles. The Balaban J connectivity index is 1.55. The summed E-state index contributed by atoms with van der Waals surface area (Å²) in [4.78, 5) is 34.0. The van der Waals surface area contributed by atoms with E-state index >= 15 is 0 Å². The molecule has 1 heterocycles. The molecular weight excluding hydrogens is 733 g/mol. The van der Waals surface area contributed by atoms with Gasteiger partial charge in [-0.2, -0.15) is 4.31 Å². The molecule has 1 saturated carbocycles. The van der Waals surface area contributed by atoms with Gasteiger partial charge in [-0.3, -0.25) is 9.78 Å². The zero-order chi connectivity index (χ0) is 41.1. The Morgan fingerprint density at radius 2 is 1.59 bits per heavy atom. The first kappa shape index (κ1) is 44.3. The van der Waals surface area contributed by atoms with Gasteiger partial charge in [0.1, 0.15) is 6.04 Å². The predicted octanol–water partition coefficient (Wildman–Crippen LogP) is 5.73. The molecular formula is C42H60N6O7S. The zero-order valence-corrected chi connectivity index (χ0v) is 34.6. The van der Waals surface area contributed by atoms with Crippen molar-refractivity contribution in [3.63, 3.8) is 0 Å².